The average Bonchev–Trinajstić information content (AvgIpc) is 2.31. The standard InChI is InChI=1S/C12H17BrN2O3S/c13-9-7-8(14)5-6-12(9)19(17,18)15-10-3-1-2-4-11(10)16/h5-7,10-11,15-16H,1-4,14H2/t10-,11-/m0/s1. The summed E-state index contributed by atoms with van der Waals surface area (Å²) in [5, 5.41) is 9.83. The molecular formula is C12H17BrN2O3S. The smallest absolute Gasteiger partial charge is 0.242 e. The number of nitrogen functional groups attached to an aromatic ring is 1. The van der Waals surface area contributed by atoms with Gasteiger partial charge in [0.25, 0.3) is 0 Å². The van der Waals surface area contributed by atoms with E-state index in [1.54, 1.807) is 6.07 Å². The summed E-state index contributed by atoms with van der Waals surface area (Å²) >= 11 is 3.20. The SMILES string of the molecule is Nc1ccc(S(=O)(=O)N[C@H]2CCCC[C@@H]2O)c(Br)c1. The summed E-state index contributed by atoms with van der Waals surface area (Å²) in [4.78, 5) is 0.138. The van der Waals surface area contributed by atoms with Crippen LogP contribution in [0.5, 0.6) is 0 Å². The molecule has 0 bridgehead atoms. The van der Waals surface area contributed by atoms with Crippen LogP contribution < -0.4 is 10.5 Å². The highest BCUT2D eigenvalue weighted by atomic mass is 79.9. The Kier molecular flexibility index (Phi) is 4.50. The quantitative estimate of drug-likeness (QED) is 0.723. The molecule has 2 rings (SSSR count). The number of aliphatic hydroxyl groups excluding tert-OH is 1. The van der Waals surface area contributed by atoms with Gasteiger partial charge in [-0.2, -0.15) is 0 Å². The van der Waals surface area contributed by atoms with Crippen molar-refractivity contribution in [2.75, 3.05) is 5.73 Å². The number of hydrogen-bond donors (Lipinski definition) is 3. The van der Waals surface area contributed by atoms with Crippen LogP contribution in [0.25, 0.3) is 0 Å². The topological polar surface area (TPSA) is 92.4 Å². The van der Waals surface area contributed by atoms with Gasteiger partial charge in [0.05, 0.1) is 11.0 Å². The predicted molar refractivity (Wildman–Crippen MR) is 77.1 cm³/mol. The van der Waals surface area contributed by atoms with E-state index in [0.29, 0.717) is 23.0 Å². The van der Waals surface area contributed by atoms with E-state index in [4.69, 9.17) is 5.73 Å². The maximum absolute atomic E-state index is 12.3. The number of aliphatic hydroxyl groups is 1. The lowest BCUT2D eigenvalue weighted by molar-refractivity contribution is 0.101. The number of nitrogens with one attached hydrogen (secondary N) is 1. The average molecular weight is 349 g/mol. The molecule has 1 saturated carbocycles. The first kappa shape index (κ1) is 14.8. The van der Waals surface area contributed by atoms with Gasteiger partial charge in [-0.3, -0.25) is 0 Å². The number of anilines is 1. The fourth-order valence-electron chi connectivity index (χ4n) is 2.25. The Morgan fingerprint density at radius 1 is 1.32 bits per heavy atom. The predicted octanol–water partition coefficient (Wildman–Crippen LogP) is 1.61. The first-order valence-corrected chi connectivity index (χ1v) is 8.43. The van der Waals surface area contributed by atoms with Gasteiger partial charge in [0.1, 0.15) is 0 Å². The third-order valence-electron chi connectivity index (χ3n) is 3.28. The molecule has 1 fully saturated rings. The van der Waals surface area contributed by atoms with Gasteiger partial charge in [-0.15, -0.1) is 0 Å². The molecule has 1 aromatic carbocycles. The van der Waals surface area contributed by atoms with Crippen molar-refractivity contribution in [3.63, 3.8) is 0 Å². The van der Waals surface area contributed by atoms with Crippen LogP contribution in [0.15, 0.2) is 27.6 Å². The minimum Gasteiger partial charge on any atom is -0.399 e. The molecule has 0 spiro atoms. The van der Waals surface area contributed by atoms with Gasteiger partial charge in [0.15, 0.2) is 0 Å². The van der Waals surface area contributed by atoms with Gasteiger partial charge in [0.2, 0.25) is 10.0 Å². The molecule has 7 heteroatoms. The molecule has 106 valence electrons. The highest BCUT2D eigenvalue weighted by Crippen LogP contribution is 2.26. The minimum absolute atomic E-state index is 0.138. The zero-order valence-corrected chi connectivity index (χ0v) is 12.7. The van der Waals surface area contributed by atoms with Gasteiger partial charge >= 0.3 is 0 Å². The second-order valence-corrected chi connectivity index (χ2v) is 7.31. The van der Waals surface area contributed by atoms with E-state index >= 15 is 0 Å². The lowest BCUT2D eigenvalue weighted by Crippen LogP contribution is -2.45. The van der Waals surface area contributed by atoms with Crippen LogP contribution in [-0.4, -0.2) is 25.7 Å². The second kappa shape index (κ2) is 5.78. The molecule has 0 unspecified atom stereocenters. The van der Waals surface area contributed by atoms with Crippen LogP contribution in [0, 0.1) is 0 Å². The Morgan fingerprint density at radius 3 is 2.63 bits per heavy atom. The fraction of sp³-hybridized carbons (Fsp3) is 0.500. The number of sulfonamides is 1. The summed E-state index contributed by atoms with van der Waals surface area (Å²) in [6.07, 6.45) is 2.54. The Labute approximate surface area is 121 Å². The Balaban J connectivity index is 2.22. The summed E-state index contributed by atoms with van der Waals surface area (Å²) in [6.45, 7) is 0. The van der Waals surface area contributed by atoms with E-state index in [0.717, 1.165) is 12.8 Å². The summed E-state index contributed by atoms with van der Waals surface area (Å²) in [5.41, 5.74) is 6.08. The third kappa shape index (κ3) is 3.47. The number of rotatable bonds is 3. The van der Waals surface area contributed by atoms with Crippen molar-refractivity contribution in [3.05, 3.63) is 22.7 Å². The van der Waals surface area contributed by atoms with Crippen LogP contribution in [0.2, 0.25) is 0 Å². The van der Waals surface area contributed by atoms with E-state index in [1.807, 2.05) is 0 Å². The van der Waals surface area contributed by atoms with Crippen molar-refractivity contribution in [1.29, 1.82) is 0 Å². The Bertz CT molecular complexity index is 562. The molecule has 0 amide bonds. The summed E-state index contributed by atoms with van der Waals surface area (Å²) in [7, 11) is -3.65. The molecule has 19 heavy (non-hydrogen) atoms. The molecule has 0 heterocycles. The van der Waals surface area contributed by atoms with Crippen molar-refractivity contribution in [2.45, 2.75) is 42.7 Å². The molecule has 1 aromatic rings. The molecule has 1 aliphatic carbocycles. The van der Waals surface area contributed by atoms with E-state index in [-0.39, 0.29) is 4.90 Å². The number of benzene rings is 1. The second-order valence-electron chi connectivity index (χ2n) is 4.77. The maximum Gasteiger partial charge on any atom is 0.242 e. The Hall–Kier alpha value is -0.630. The highest BCUT2D eigenvalue weighted by Gasteiger charge is 2.28. The molecule has 0 radical (unpaired) electrons. The van der Waals surface area contributed by atoms with Gasteiger partial charge in [-0.25, -0.2) is 13.1 Å². The molecule has 1 aliphatic rings. The normalized spacial score (nSPS) is 24.3. The van der Waals surface area contributed by atoms with Gasteiger partial charge in [-0.05, 0) is 47.0 Å². The molecule has 0 aliphatic heterocycles. The monoisotopic (exact) mass is 348 g/mol. The van der Waals surface area contributed by atoms with Gasteiger partial charge in [0, 0.05) is 16.2 Å². The first-order chi connectivity index (χ1) is 8.90. The number of halogens is 1. The van der Waals surface area contributed by atoms with Crippen molar-refractivity contribution in [3.8, 4) is 0 Å². The van der Waals surface area contributed by atoms with Crippen LogP contribution in [-0.2, 0) is 10.0 Å². The minimum atomic E-state index is -3.65. The van der Waals surface area contributed by atoms with Crippen LogP contribution >= 0.6 is 15.9 Å². The fourth-order valence-corrected chi connectivity index (χ4v) is 4.65. The lowest BCUT2D eigenvalue weighted by Gasteiger charge is -2.28. The molecular weight excluding hydrogens is 332 g/mol. The zero-order chi connectivity index (χ0) is 14.0. The maximum atomic E-state index is 12.3. The van der Waals surface area contributed by atoms with Crippen LogP contribution in [0.1, 0.15) is 25.7 Å². The third-order valence-corrected chi connectivity index (χ3v) is 5.75. The van der Waals surface area contributed by atoms with Crippen molar-refractivity contribution < 1.29 is 13.5 Å². The molecule has 4 N–H and O–H groups in total. The molecule has 2 atom stereocenters. The van der Waals surface area contributed by atoms with E-state index in [9.17, 15) is 13.5 Å². The zero-order valence-electron chi connectivity index (χ0n) is 10.3. The highest BCUT2D eigenvalue weighted by molar-refractivity contribution is 9.10. The van der Waals surface area contributed by atoms with E-state index in [1.165, 1.54) is 12.1 Å². The van der Waals surface area contributed by atoms with E-state index in [2.05, 4.69) is 20.7 Å². The van der Waals surface area contributed by atoms with Crippen molar-refractivity contribution in [1.82, 2.24) is 4.72 Å². The number of hydrogen-bond acceptors (Lipinski definition) is 4. The first-order valence-electron chi connectivity index (χ1n) is 6.15. The largest absolute Gasteiger partial charge is 0.399 e. The summed E-state index contributed by atoms with van der Waals surface area (Å²) in [5.74, 6) is 0. The van der Waals surface area contributed by atoms with Gasteiger partial charge in [-0.1, -0.05) is 12.8 Å². The van der Waals surface area contributed by atoms with Gasteiger partial charge < -0.3 is 10.8 Å². The van der Waals surface area contributed by atoms with Crippen LogP contribution in [0.3, 0.4) is 0 Å². The Morgan fingerprint density at radius 2 is 2.00 bits per heavy atom. The molecule has 5 nitrogen and oxygen atoms in total. The molecule has 0 aromatic heterocycles. The lowest BCUT2D eigenvalue weighted by atomic mass is 9.93. The number of nitrogens with two attached hydrogens (primary N) is 1. The molecule has 0 saturated heterocycles. The van der Waals surface area contributed by atoms with E-state index < -0.39 is 22.2 Å². The summed E-state index contributed by atoms with van der Waals surface area (Å²) < 4.78 is 27.6. The van der Waals surface area contributed by atoms with Crippen LogP contribution in [0.4, 0.5) is 5.69 Å². The van der Waals surface area contributed by atoms with Crippen molar-refractivity contribution >= 4 is 31.6 Å². The van der Waals surface area contributed by atoms with Crippen molar-refractivity contribution in [2.24, 2.45) is 0 Å². The summed E-state index contributed by atoms with van der Waals surface area (Å²) in [6, 6.07) is 4.13.